The molecule has 20 heavy (non-hydrogen) atoms. The van der Waals surface area contributed by atoms with E-state index in [4.69, 9.17) is 15.6 Å². The smallest absolute Gasteiger partial charge is 0.358 e. The Kier molecular flexibility index (Phi) is 4.31. The van der Waals surface area contributed by atoms with Crippen LogP contribution >= 0.6 is 0 Å². The van der Waals surface area contributed by atoms with Gasteiger partial charge in [0.05, 0.1) is 12.2 Å². The highest BCUT2D eigenvalue weighted by Crippen LogP contribution is 2.12. The largest absolute Gasteiger partial charge is 0.492 e. The molecule has 0 spiro atoms. The fourth-order valence-electron chi connectivity index (χ4n) is 1.84. The molecule has 0 amide bonds. The standard InChI is InChI=1S/C13H16N4O3/c1-9-3-2-4-10(7-9)20-6-5-17-11(8-14)12(13(18)19)15-16-17/h2-4,7H,5-6,8,14H2,1H3,(H,18,19). The number of carboxylic acids is 1. The second kappa shape index (κ2) is 6.16. The van der Waals surface area contributed by atoms with Gasteiger partial charge in [0.2, 0.25) is 0 Å². The van der Waals surface area contributed by atoms with E-state index in [0.29, 0.717) is 18.8 Å². The number of ether oxygens (including phenoxy) is 1. The molecule has 0 radical (unpaired) electrons. The Morgan fingerprint density at radius 1 is 1.50 bits per heavy atom. The van der Waals surface area contributed by atoms with Crippen LogP contribution in [0, 0.1) is 6.92 Å². The van der Waals surface area contributed by atoms with E-state index in [0.717, 1.165) is 11.3 Å². The minimum absolute atomic E-state index is 0.0685. The van der Waals surface area contributed by atoms with Crippen LogP contribution < -0.4 is 10.5 Å². The lowest BCUT2D eigenvalue weighted by Gasteiger charge is -2.08. The molecule has 0 aliphatic carbocycles. The van der Waals surface area contributed by atoms with Crippen molar-refractivity contribution in [3.63, 3.8) is 0 Å². The van der Waals surface area contributed by atoms with E-state index in [1.807, 2.05) is 31.2 Å². The number of carboxylic acid groups (broad SMARTS) is 1. The average Bonchev–Trinajstić information content (AvgIpc) is 2.82. The van der Waals surface area contributed by atoms with Gasteiger partial charge in [0.25, 0.3) is 0 Å². The van der Waals surface area contributed by atoms with Crippen molar-refractivity contribution >= 4 is 5.97 Å². The van der Waals surface area contributed by atoms with Crippen LogP contribution in [0.3, 0.4) is 0 Å². The van der Waals surface area contributed by atoms with Gasteiger partial charge in [0.15, 0.2) is 5.69 Å². The van der Waals surface area contributed by atoms with E-state index in [9.17, 15) is 4.79 Å². The molecule has 0 atom stereocenters. The first-order chi connectivity index (χ1) is 9.61. The Bertz CT molecular complexity index is 609. The van der Waals surface area contributed by atoms with Crippen molar-refractivity contribution in [1.82, 2.24) is 15.0 Å². The van der Waals surface area contributed by atoms with Crippen molar-refractivity contribution in [3.05, 3.63) is 41.2 Å². The van der Waals surface area contributed by atoms with Gasteiger partial charge in [-0.1, -0.05) is 17.3 Å². The van der Waals surface area contributed by atoms with E-state index < -0.39 is 5.97 Å². The minimum atomic E-state index is -1.13. The number of hydrogen-bond acceptors (Lipinski definition) is 5. The van der Waals surface area contributed by atoms with Crippen molar-refractivity contribution < 1.29 is 14.6 Å². The number of aryl methyl sites for hydroxylation is 1. The van der Waals surface area contributed by atoms with E-state index in [-0.39, 0.29) is 12.2 Å². The van der Waals surface area contributed by atoms with Crippen LogP contribution in [-0.4, -0.2) is 32.7 Å². The summed E-state index contributed by atoms with van der Waals surface area (Å²) in [6.07, 6.45) is 0. The van der Waals surface area contributed by atoms with Gasteiger partial charge in [-0.3, -0.25) is 0 Å². The van der Waals surface area contributed by atoms with Crippen LogP contribution in [0.4, 0.5) is 0 Å². The maximum absolute atomic E-state index is 10.9. The topological polar surface area (TPSA) is 103 Å². The van der Waals surface area contributed by atoms with Crippen molar-refractivity contribution in [2.45, 2.75) is 20.0 Å². The zero-order valence-corrected chi connectivity index (χ0v) is 11.1. The second-order valence-corrected chi connectivity index (χ2v) is 4.28. The Balaban J connectivity index is 1.99. The number of nitrogens with zero attached hydrogens (tertiary/aromatic N) is 3. The first kappa shape index (κ1) is 14.0. The van der Waals surface area contributed by atoms with Crippen molar-refractivity contribution in [2.75, 3.05) is 6.61 Å². The van der Waals surface area contributed by atoms with Gasteiger partial charge in [0.1, 0.15) is 12.4 Å². The summed E-state index contributed by atoms with van der Waals surface area (Å²) in [6.45, 7) is 2.80. The molecule has 7 heteroatoms. The fraction of sp³-hybridized carbons (Fsp3) is 0.308. The lowest BCUT2D eigenvalue weighted by atomic mass is 10.2. The summed E-state index contributed by atoms with van der Waals surface area (Å²) in [5, 5.41) is 16.3. The summed E-state index contributed by atoms with van der Waals surface area (Å²) in [7, 11) is 0. The molecule has 3 N–H and O–H groups in total. The summed E-state index contributed by atoms with van der Waals surface area (Å²) >= 11 is 0. The van der Waals surface area contributed by atoms with Crippen LogP contribution in [0.5, 0.6) is 5.75 Å². The molecule has 7 nitrogen and oxygen atoms in total. The Morgan fingerprint density at radius 3 is 2.95 bits per heavy atom. The molecule has 1 aromatic heterocycles. The minimum Gasteiger partial charge on any atom is -0.492 e. The third-order valence-electron chi connectivity index (χ3n) is 2.79. The molecule has 106 valence electrons. The molecule has 2 aromatic rings. The lowest BCUT2D eigenvalue weighted by molar-refractivity contribution is 0.0689. The number of aromatic carboxylic acids is 1. The third kappa shape index (κ3) is 3.12. The van der Waals surface area contributed by atoms with Gasteiger partial charge in [-0.2, -0.15) is 0 Å². The number of benzene rings is 1. The maximum atomic E-state index is 10.9. The summed E-state index contributed by atoms with van der Waals surface area (Å²) in [5.41, 5.74) is 6.93. The van der Waals surface area contributed by atoms with Gasteiger partial charge in [-0.05, 0) is 24.6 Å². The molecule has 0 aliphatic rings. The Labute approximate surface area is 116 Å². The molecule has 0 unspecified atom stereocenters. The summed E-state index contributed by atoms with van der Waals surface area (Å²) in [5.74, 6) is -0.367. The van der Waals surface area contributed by atoms with Crippen LogP contribution in [0.25, 0.3) is 0 Å². The highest BCUT2D eigenvalue weighted by Gasteiger charge is 2.17. The zero-order chi connectivity index (χ0) is 14.5. The molecule has 2 rings (SSSR count). The number of nitrogens with two attached hydrogens (primary N) is 1. The monoisotopic (exact) mass is 276 g/mol. The van der Waals surface area contributed by atoms with Gasteiger partial charge in [0, 0.05) is 6.54 Å². The zero-order valence-electron chi connectivity index (χ0n) is 11.1. The van der Waals surface area contributed by atoms with Gasteiger partial charge in [-0.25, -0.2) is 9.48 Å². The van der Waals surface area contributed by atoms with E-state index in [1.165, 1.54) is 4.68 Å². The van der Waals surface area contributed by atoms with Crippen LogP contribution in [0.1, 0.15) is 21.7 Å². The van der Waals surface area contributed by atoms with Crippen molar-refractivity contribution in [2.24, 2.45) is 5.73 Å². The lowest BCUT2D eigenvalue weighted by Crippen LogP contribution is -2.16. The average molecular weight is 276 g/mol. The molecular weight excluding hydrogens is 260 g/mol. The van der Waals surface area contributed by atoms with Crippen molar-refractivity contribution in [1.29, 1.82) is 0 Å². The van der Waals surface area contributed by atoms with Crippen LogP contribution in [0.15, 0.2) is 24.3 Å². The predicted molar refractivity (Wildman–Crippen MR) is 71.5 cm³/mol. The van der Waals surface area contributed by atoms with Crippen LogP contribution in [0.2, 0.25) is 0 Å². The fourth-order valence-corrected chi connectivity index (χ4v) is 1.84. The molecule has 0 saturated carbocycles. The molecule has 0 fully saturated rings. The normalized spacial score (nSPS) is 10.5. The predicted octanol–water partition coefficient (Wildman–Crippen LogP) is 0.822. The Morgan fingerprint density at radius 2 is 2.30 bits per heavy atom. The molecule has 0 saturated heterocycles. The number of carbonyl (C=O) groups is 1. The van der Waals surface area contributed by atoms with E-state index in [2.05, 4.69) is 10.3 Å². The first-order valence-electron chi connectivity index (χ1n) is 6.17. The maximum Gasteiger partial charge on any atom is 0.358 e. The van der Waals surface area contributed by atoms with Gasteiger partial charge in [-0.15, -0.1) is 5.10 Å². The molecule has 1 heterocycles. The summed E-state index contributed by atoms with van der Waals surface area (Å²) < 4.78 is 7.04. The molecule has 1 aromatic carbocycles. The SMILES string of the molecule is Cc1cccc(OCCn2nnc(C(=O)O)c2CN)c1. The molecular formula is C13H16N4O3. The van der Waals surface area contributed by atoms with Gasteiger partial charge >= 0.3 is 5.97 Å². The second-order valence-electron chi connectivity index (χ2n) is 4.28. The molecule has 0 aliphatic heterocycles. The highest BCUT2D eigenvalue weighted by atomic mass is 16.5. The Hall–Kier alpha value is -2.41. The summed E-state index contributed by atoms with van der Waals surface area (Å²) in [4.78, 5) is 10.9. The molecule has 0 bridgehead atoms. The third-order valence-corrected chi connectivity index (χ3v) is 2.79. The van der Waals surface area contributed by atoms with E-state index in [1.54, 1.807) is 0 Å². The highest BCUT2D eigenvalue weighted by molar-refractivity contribution is 5.86. The number of rotatable bonds is 6. The number of hydrogen-bond donors (Lipinski definition) is 2. The van der Waals surface area contributed by atoms with Crippen molar-refractivity contribution in [3.8, 4) is 5.75 Å². The van der Waals surface area contributed by atoms with Gasteiger partial charge < -0.3 is 15.6 Å². The summed E-state index contributed by atoms with van der Waals surface area (Å²) in [6, 6.07) is 7.68. The quantitative estimate of drug-likeness (QED) is 0.809. The first-order valence-corrected chi connectivity index (χ1v) is 6.17. The van der Waals surface area contributed by atoms with Crippen LogP contribution in [-0.2, 0) is 13.1 Å². The van der Waals surface area contributed by atoms with E-state index >= 15 is 0 Å². The number of aromatic nitrogens is 3.